The van der Waals surface area contributed by atoms with Crippen molar-refractivity contribution >= 4 is 11.7 Å². The standard InChI is InChI=1S/C16H16F3N3O2/c1-22(10-14(23)16(17,18)19)15(24)21-13-5-3-2-4-12(13)11-6-8-20-9-7-11/h2-9,14,23H,10H2,1H3,(H,21,24). The first-order valence-electron chi connectivity index (χ1n) is 7.05. The average molecular weight is 339 g/mol. The van der Waals surface area contributed by atoms with Gasteiger partial charge in [0.05, 0.1) is 12.2 Å². The zero-order valence-electron chi connectivity index (χ0n) is 12.8. The highest BCUT2D eigenvalue weighted by atomic mass is 19.4. The van der Waals surface area contributed by atoms with E-state index in [1.165, 1.54) is 7.05 Å². The number of alkyl halides is 3. The molecule has 0 spiro atoms. The molecule has 1 unspecified atom stereocenters. The summed E-state index contributed by atoms with van der Waals surface area (Å²) in [5.74, 6) is 0. The molecule has 0 aliphatic carbocycles. The molecular weight excluding hydrogens is 323 g/mol. The lowest BCUT2D eigenvalue weighted by Crippen LogP contribution is -2.43. The normalized spacial score (nSPS) is 12.5. The van der Waals surface area contributed by atoms with Gasteiger partial charge in [-0.15, -0.1) is 0 Å². The van der Waals surface area contributed by atoms with Crippen LogP contribution in [0.5, 0.6) is 0 Å². The van der Waals surface area contributed by atoms with Gasteiger partial charge in [0, 0.05) is 25.0 Å². The minimum absolute atomic E-state index is 0.446. The number of benzene rings is 1. The van der Waals surface area contributed by atoms with Crippen molar-refractivity contribution in [2.24, 2.45) is 0 Å². The third kappa shape index (κ3) is 4.45. The summed E-state index contributed by atoms with van der Waals surface area (Å²) < 4.78 is 37.1. The Morgan fingerprint density at radius 2 is 1.88 bits per heavy atom. The molecule has 8 heteroatoms. The number of aliphatic hydroxyl groups is 1. The summed E-state index contributed by atoms with van der Waals surface area (Å²) in [5.41, 5.74) is 1.96. The fourth-order valence-corrected chi connectivity index (χ4v) is 2.03. The van der Waals surface area contributed by atoms with Crippen molar-refractivity contribution in [2.75, 3.05) is 18.9 Å². The second kappa shape index (κ2) is 7.31. The minimum atomic E-state index is -4.77. The Bertz CT molecular complexity index is 692. The number of halogens is 3. The molecule has 2 rings (SSSR count). The fraction of sp³-hybridized carbons (Fsp3) is 0.250. The van der Waals surface area contributed by atoms with Crippen LogP contribution in [0.3, 0.4) is 0 Å². The van der Waals surface area contributed by atoms with E-state index < -0.39 is 24.9 Å². The monoisotopic (exact) mass is 339 g/mol. The summed E-state index contributed by atoms with van der Waals surface area (Å²) >= 11 is 0. The van der Waals surface area contributed by atoms with Gasteiger partial charge in [0.2, 0.25) is 0 Å². The molecule has 1 aromatic heterocycles. The fourth-order valence-electron chi connectivity index (χ4n) is 2.03. The van der Waals surface area contributed by atoms with E-state index in [-0.39, 0.29) is 0 Å². The lowest BCUT2D eigenvalue weighted by molar-refractivity contribution is -0.205. The van der Waals surface area contributed by atoms with E-state index in [4.69, 9.17) is 5.11 Å². The van der Waals surface area contributed by atoms with E-state index in [9.17, 15) is 18.0 Å². The quantitative estimate of drug-likeness (QED) is 0.899. The van der Waals surface area contributed by atoms with E-state index in [2.05, 4.69) is 10.3 Å². The number of aliphatic hydroxyl groups excluding tert-OH is 1. The lowest BCUT2D eigenvalue weighted by Gasteiger charge is -2.23. The van der Waals surface area contributed by atoms with Crippen molar-refractivity contribution in [2.45, 2.75) is 12.3 Å². The maximum atomic E-state index is 12.4. The Kier molecular flexibility index (Phi) is 5.40. The van der Waals surface area contributed by atoms with E-state index >= 15 is 0 Å². The van der Waals surface area contributed by atoms with Crippen LogP contribution in [0, 0.1) is 0 Å². The maximum Gasteiger partial charge on any atom is 0.416 e. The summed E-state index contributed by atoms with van der Waals surface area (Å²) in [7, 11) is 1.18. The zero-order valence-corrected chi connectivity index (χ0v) is 12.8. The molecule has 128 valence electrons. The Hall–Kier alpha value is -2.61. The predicted octanol–water partition coefficient (Wildman–Crippen LogP) is 3.14. The number of pyridine rings is 1. The lowest BCUT2D eigenvalue weighted by atomic mass is 10.1. The SMILES string of the molecule is CN(CC(O)C(F)(F)F)C(=O)Nc1ccccc1-c1ccncc1. The Morgan fingerprint density at radius 3 is 2.50 bits per heavy atom. The summed E-state index contributed by atoms with van der Waals surface area (Å²) in [6.07, 6.45) is -4.17. The van der Waals surface area contributed by atoms with Crippen molar-refractivity contribution in [3.05, 3.63) is 48.8 Å². The molecule has 0 radical (unpaired) electrons. The van der Waals surface area contributed by atoms with Crippen LogP contribution in [0.1, 0.15) is 0 Å². The van der Waals surface area contributed by atoms with Gasteiger partial charge in [-0.25, -0.2) is 4.79 Å². The number of nitrogens with one attached hydrogen (secondary N) is 1. The van der Waals surface area contributed by atoms with E-state index in [1.54, 1.807) is 48.8 Å². The Morgan fingerprint density at radius 1 is 1.25 bits per heavy atom. The van der Waals surface area contributed by atoms with Crippen molar-refractivity contribution < 1.29 is 23.1 Å². The van der Waals surface area contributed by atoms with Crippen LogP contribution < -0.4 is 5.32 Å². The van der Waals surface area contributed by atoms with Crippen molar-refractivity contribution in [3.63, 3.8) is 0 Å². The number of carbonyl (C=O) groups is 1. The van der Waals surface area contributed by atoms with E-state index in [0.717, 1.165) is 10.5 Å². The van der Waals surface area contributed by atoms with Crippen LogP contribution in [-0.4, -0.2) is 46.9 Å². The zero-order chi connectivity index (χ0) is 17.7. The highest BCUT2D eigenvalue weighted by Crippen LogP contribution is 2.27. The molecule has 0 aliphatic rings. The first-order valence-corrected chi connectivity index (χ1v) is 7.05. The van der Waals surface area contributed by atoms with Gasteiger partial charge in [-0.2, -0.15) is 13.2 Å². The van der Waals surface area contributed by atoms with Crippen LogP contribution in [0.15, 0.2) is 48.8 Å². The van der Waals surface area contributed by atoms with Crippen LogP contribution in [-0.2, 0) is 0 Å². The molecule has 2 N–H and O–H groups in total. The number of likely N-dealkylation sites (N-methyl/N-ethyl adjacent to an activating group) is 1. The summed E-state index contributed by atoms with van der Waals surface area (Å²) in [6, 6.07) is 9.65. The molecule has 0 saturated carbocycles. The van der Waals surface area contributed by atoms with E-state index in [1.807, 2.05) is 0 Å². The number of hydrogen-bond acceptors (Lipinski definition) is 3. The van der Waals surface area contributed by atoms with Crippen LogP contribution in [0.2, 0.25) is 0 Å². The molecule has 1 heterocycles. The number of carbonyl (C=O) groups excluding carboxylic acids is 1. The van der Waals surface area contributed by atoms with E-state index in [0.29, 0.717) is 11.3 Å². The van der Waals surface area contributed by atoms with Crippen LogP contribution in [0.25, 0.3) is 11.1 Å². The van der Waals surface area contributed by atoms with Crippen molar-refractivity contribution in [3.8, 4) is 11.1 Å². The molecule has 0 bridgehead atoms. The molecule has 0 fully saturated rings. The number of anilines is 1. The van der Waals surface area contributed by atoms with Gasteiger partial charge in [0.25, 0.3) is 0 Å². The second-order valence-electron chi connectivity index (χ2n) is 5.15. The van der Waals surface area contributed by atoms with Crippen molar-refractivity contribution in [1.29, 1.82) is 0 Å². The number of aromatic nitrogens is 1. The minimum Gasteiger partial charge on any atom is -0.382 e. The van der Waals surface area contributed by atoms with Gasteiger partial charge in [0.15, 0.2) is 6.10 Å². The van der Waals surface area contributed by atoms with Crippen molar-refractivity contribution in [1.82, 2.24) is 9.88 Å². The number of nitrogens with zero attached hydrogens (tertiary/aromatic N) is 2. The average Bonchev–Trinajstić information content (AvgIpc) is 2.55. The first-order chi connectivity index (χ1) is 11.3. The molecule has 1 atom stereocenters. The molecule has 24 heavy (non-hydrogen) atoms. The van der Waals surface area contributed by atoms with Gasteiger partial charge in [-0.05, 0) is 23.8 Å². The maximum absolute atomic E-state index is 12.4. The molecule has 2 amide bonds. The van der Waals surface area contributed by atoms with Gasteiger partial charge < -0.3 is 15.3 Å². The predicted molar refractivity (Wildman–Crippen MR) is 83.4 cm³/mol. The Balaban J connectivity index is 2.13. The highest BCUT2D eigenvalue weighted by Gasteiger charge is 2.39. The number of hydrogen-bond donors (Lipinski definition) is 2. The third-order valence-electron chi connectivity index (χ3n) is 3.33. The van der Waals surface area contributed by atoms with Gasteiger partial charge in [-0.3, -0.25) is 4.98 Å². The first kappa shape index (κ1) is 17.7. The molecular formula is C16H16F3N3O2. The number of rotatable bonds is 4. The van der Waals surface area contributed by atoms with Crippen LogP contribution in [0.4, 0.5) is 23.7 Å². The molecule has 0 saturated heterocycles. The Labute approximate surface area is 136 Å². The van der Waals surface area contributed by atoms with Gasteiger partial charge in [0.1, 0.15) is 0 Å². The number of urea groups is 1. The topological polar surface area (TPSA) is 65.5 Å². The smallest absolute Gasteiger partial charge is 0.382 e. The third-order valence-corrected chi connectivity index (χ3v) is 3.33. The second-order valence-corrected chi connectivity index (χ2v) is 5.15. The summed E-state index contributed by atoms with van der Waals surface area (Å²) in [6.45, 7) is -0.854. The molecule has 1 aromatic carbocycles. The molecule has 0 aliphatic heterocycles. The van der Waals surface area contributed by atoms with Gasteiger partial charge >= 0.3 is 12.2 Å². The molecule has 2 aromatic rings. The van der Waals surface area contributed by atoms with Crippen LogP contribution >= 0.6 is 0 Å². The number of para-hydroxylation sites is 1. The largest absolute Gasteiger partial charge is 0.416 e. The highest BCUT2D eigenvalue weighted by molar-refractivity contribution is 5.94. The van der Waals surface area contributed by atoms with Gasteiger partial charge in [-0.1, -0.05) is 18.2 Å². The molecule has 5 nitrogen and oxygen atoms in total. The summed E-state index contributed by atoms with van der Waals surface area (Å²) in [5, 5.41) is 11.6. The summed E-state index contributed by atoms with van der Waals surface area (Å²) in [4.78, 5) is 16.8. The number of amides is 2.